The summed E-state index contributed by atoms with van der Waals surface area (Å²) in [6, 6.07) is 3.06. The first kappa shape index (κ1) is 16.2. The Morgan fingerprint density at radius 2 is 2.15 bits per heavy atom. The highest BCUT2D eigenvalue weighted by atomic mass is 32.2. The van der Waals surface area contributed by atoms with Gasteiger partial charge in [-0.05, 0) is 11.6 Å². The van der Waals surface area contributed by atoms with Crippen molar-refractivity contribution in [2.75, 3.05) is 7.11 Å². The third kappa shape index (κ3) is 4.69. The lowest BCUT2D eigenvalue weighted by Gasteiger charge is -2.10. The van der Waals surface area contributed by atoms with Gasteiger partial charge in [0.2, 0.25) is 0 Å². The summed E-state index contributed by atoms with van der Waals surface area (Å²) < 4.78 is 29.7. The summed E-state index contributed by atoms with van der Waals surface area (Å²) in [5.74, 6) is -1.31. The van der Waals surface area contributed by atoms with Gasteiger partial charge >= 0.3 is 5.97 Å². The van der Waals surface area contributed by atoms with Crippen LogP contribution in [0, 0.1) is 15.9 Å². The Morgan fingerprint density at radius 1 is 1.50 bits per heavy atom. The average Bonchev–Trinajstić information content (AvgIpc) is 2.37. The zero-order valence-electron chi connectivity index (χ0n) is 11.0. The van der Waals surface area contributed by atoms with E-state index in [1.807, 2.05) is 0 Å². The maximum Gasteiger partial charge on any atom is 0.306 e. The van der Waals surface area contributed by atoms with E-state index < -0.39 is 38.4 Å². The van der Waals surface area contributed by atoms with E-state index in [4.69, 9.17) is 0 Å². The van der Waals surface area contributed by atoms with Crippen molar-refractivity contribution >= 4 is 22.5 Å². The monoisotopic (exact) mass is 303 g/mol. The van der Waals surface area contributed by atoms with Gasteiger partial charge in [0, 0.05) is 27.9 Å². The lowest BCUT2D eigenvalue weighted by molar-refractivity contribution is -0.385. The van der Waals surface area contributed by atoms with Gasteiger partial charge < -0.3 is 4.74 Å². The number of esters is 1. The Bertz CT molecular complexity index is 549. The Kier molecular flexibility index (Phi) is 5.75. The molecule has 0 aliphatic rings. The van der Waals surface area contributed by atoms with E-state index in [0.29, 0.717) is 0 Å². The van der Waals surface area contributed by atoms with Crippen molar-refractivity contribution in [3.05, 3.63) is 39.7 Å². The summed E-state index contributed by atoms with van der Waals surface area (Å²) in [5.41, 5.74) is -0.135. The minimum absolute atomic E-state index is 0.0273. The Balaban J connectivity index is 2.80. The number of carbonyl (C=O) groups is 1. The lowest BCUT2D eigenvalue weighted by atomic mass is 10.2. The predicted octanol–water partition coefficient (Wildman–Crippen LogP) is 1.93. The van der Waals surface area contributed by atoms with E-state index >= 15 is 0 Å². The first-order valence-electron chi connectivity index (χ1n) is 5.71. The van der Waals surface area contributed by atoms with Crippen molar-refractivity contribution in [3.63, 3.8) is 0 Å². The molecule has 0 N–H and O–H groups in total. The van der Waals surface area contributed by atoms with E-state index in [9.17, 15) is 23.5 Å². The topological polar surface area (TPSA) is 86.5 Å². The maximum absolute atomic E-state index is 13.2. The normalized spacial score (nSPS) is 13.6. The molecule has 0 aromatic heterocycles. The number of nitro benzene ring substituents is 1. The fourth-order valence-electron chi connectivity index (χ4n) is 1.54. The molecule has 0 saturated carbocycles. The minimum Gasteiger partial charge on any atom is -0.469 e. The molecule has 0 aliphatic heterocycles. The van der Waals surface area contributed by atoms with Crippen LogP contribution in [0.5, 0.6) is 0 Å². The van der Waals surface area contributed by atoms with Crippen LogP contribution in [0.2, 0.25) is 0 Å². The van der Waals surface area contributed by atoms with Gasteiger partial charge in [-0.25, -0.2) is 4.39 Å². The van der Waals surface area contributed by atoms with Gasteiger partial charge in [0.05, 0.1) is 24.5 Å². The molecule has 2 atom stereocenters. The minimum atomic E-state index is -1.46. The lowest BCUT2D eigenvalue weighted by Crippen LogP contribution is -2.18. The van der Waals surface area contributed by atoms with Crippen molar-refractivity contribution in [1.29, 1.82) is 0 Å². The molecule has 8 heteroatoms. The second kappa shape index (κ2) is 7.09. The second-order valence-corrected chi connectivity index (χ2v) is 6.05. The van der Waals surface area contributed by atoms with Crippen LogP contribution in [0.1, 0.15) is 18.9 Å². The van der Waals surface area contributed by atoms with E-state index in [1.165, 1.54) is 13.2 Å². The highest BCUT2D eigenvalue weighted by molar-refractivity contribution is 7.84. The van der Waals surface area contributed by atoms with Gasteiger partial charge in [0.15, 0.2) is 0 Å². The largest absolute Gasteiger partial charge is 0.469 e. The number of nitro groups is 1. The first-order chi connectivity index (χ1) is 9.33. The summed E-state index contributed by atoms with van der Waals surface area (Å²) in [5, 5.41) is 10.1. The maximum atomic E-state index is 13.2. The number of ether oxygens (including phenoxy) is 1. The van der Waals surface area contributed by atoms with Crippen molar-refractivity contribution in [1.82, 2.24) is 0 Å². The average molecular weight is 303 g/mol. The van der Waals surface area contributed by atoms with Gasteiger partial charge in [-0.1, -0.05) is 6.92 Å². The fraction of sp³-hybridized carbons (Fsp3) is 0.417. The van der Waals surface area contributed by atoms with Gasteiger partial charge in [-0.2, -0.15) is 0 Å². The zero-order chi connectivity index (χ0) is 15.3. The molecule has 0 spiro atoms. The molecule has 1 aromatic carbocycles. The molecular formula is C12H14FNO5S. The van der Waals surface area contributed by atoms with E-state index in [0.717, 1.165) is 12.1 Å². The van der Waals surface area contributed by atoms with Gasteiger partial charge in [0.1, 0.15) is 5.82 Å². The molecule has 0 saturated heterocycles. The van der Waals surface area contributed by atoms with Crippen LogP contribution in [-0.2, 0) is 26.1 Å². The molecule has 6 nitrogen and oxygen atoms in total. The Morgan fingerprint density at radius 3 is 2.70 bits per heavy atom. The molecule has 1 rings (SSSR count). The molecule has 0 radical (unpaired) electrons. The smallest absolute Gasteiger partial charge is 0.306 e. The number of non-ortho nitro benzene ring substituents is 1. The molecule has 0 fully saturated rings. The quantitative estimate of drug-likeness (QED) is 0.455. The molecule has 0 aliphatic carbocycles. The number of rotatable bonds is 6. The van der Waals surface area contributed by atoms with Crippen molar-refractivity contribution in [2.45, 2.75) is 24.3 Å². The number of hydrogen-bond donors (Lipinski definition) is 0. The predicted molar refractivity (Wildman–Crippen MR) is 71.0 cm³/mol. The Labute approximate surface area is 117 Å². The van der Waals surface area contributed by atoms with Crippen LogP contribution in [0.3, 0.4) is 0 Å². The SMILES string of the molecule is COC(=O)CC(C)S(=O)Cc1cc(F)cc([N+](=O)[O-])c1. The van der Waals surface area contributed by atoms with Crippen molar-refractivity contribution in [3.8, 4) is 0 Å². The third-order valence-electron chi connectivity index (χ3n) is 2.59. The molecule has 0 amide bonds. The third-order valence-corrected chi connectivity index (χ3v) is 4.27. The summed E-state index contributed by atoms with van der Waals surface area (Å²) in [4.78, 5) is 21.0. The number of methoxy groups -OCH3 is 1. The van der Waals surface area contributed by atoms with Crippen LogP contribution in [0.15, 0.2) is 18.2 Å². The number of halogens is 1. The van der Waals surface area contributed by atoms with Crippen LogP contribution in [0.4, 0.5) is 10.1 Å². The summed E-state index contributed by atoms with van der Waals surface area (Å²) in [6.07, 6.45) is -0.0273. The van der Waals surface area contributed by atoms with Gasteiger partial charge in [-0.3, -0.25) is 19.1 Å². The van der Waals surface area contributed by atoms with E-state index in [1.54, 1.807) is 6.92 Å². The van der Waals surface area contributed by atoms with Crippen molar-refractivity contribution in [2.24, 2.45) is 0 Å². The van der Waals surface area contributed by atoms with E-state index in [2.05, 4.69) is 4.74 Å². The second-order valence-electron chi connectivity index (χ2n) is 4.19. The number of hydrogen-bond acceptors (Lipinski definition) is 5. The van der Waals surface area contributed by atoms with E-state index in [-0.39, 0.29) is 17.7 Å². The van der Waals surface area contributed by atoms with Crippen molar-refractivity contribution < 1.29 is 23.1 Å². The summed E-state index contributed by atoms with van der Waals surface area (Å²) in [7, 11) is -0.228. The van der Waals surface area contributed by atoms with Crippen LogP contribution in [-0.4, -0.2) is 27.5 Å². The Hall–Kier alpha value is -1.83. The molecular weight excluding hydrogens is 289 g/mol. The van der Waals surface area contributed by atoms with Gasteiger partial charge in [-0.15, -0.1) is 0 Å². The zero-order valence-corrected chi connectivity index (χ0v) is 11.8. The number of carbonyl (C=O) groups excluding carboxylic acids is 1. The number of benzene rings is 1. The molecule has 20 heavy (non-hydrogen) atoms. The van der Waals surface area contributed by atoms with Gasteiger partial charge in [0.25, 0.3) is 5.69 Å². The van der Waals surface area contributed by atoms with Crippen LogP contribution < -0.4 is 0 Å². The van der Waals surface area contributed by atoms with Crippen LogP contribution >= 0.6 is 0 Å². The summed E-state index contributed by atoms with van der Waals surface area (Å²) in [6.45, 7) is 1.60. The molecule has 2 unspecified atom stereocenters. The number of nitrogens with zero attached hydrogens (tertiary/aromatic N) is 1. The molecule has 0 heterocycles. The first-order valence-corrected chi connectivity index (χ1v) is 7.09. The molecule has 0 bridgehead atoms. The highest BCUT2D eigenvalue weighted by Crippen LogP contribution is 2.19. The molecule has 1 aromatic rings. The highest BCUT2D eigenvalue weighted by Gasteiger charge is 2.18. The summed E-state index contributed by atoms with van der Waals surface area (Å²) >= 11 is 0. The standard InChI is InChI=1S/C12H14FNO5S/c1-8(3-12(15)19-2)20(18)7-9-4-10(13)6-11(5-9)14(16)17/h4-6,8H,3,7H2,1-2H3. The fourth-order valence-corrected chi connectivity index (χ4v) is 2.64. The van der Waals surface area contributed by atoms with Crippen LogP contribution in [0.25, 0.3) is 0 Å². The molecule has 110 valence electrons.